The minimum Gasteiger partial charge on any atom is -0.508 e. The molecule has 0 spiro atoms. The summed E-state index contributed by atoms with van der Waals surface area (Å²) in [6.45, 7) is 0. The van der Waals surface area contributed by atoms with Gasteiger partial charge in [-0.3, -0.25) is 29.3 Å². The van der Waals surface area contributed by atoms with Crippen LogP contribution in [0.3, 0.4) is 0 Å². The largest absolute Gasteiger partial charge is 0.573 e. The molecule has 6 atom stereocenters. The van der Waals surface area contributed by atoms with Crippen LogP contribution in [0.1, 0.15) is 24.3 Å². The summed E-state index contributed by atoms with van der Waals surface area (Å²) in [5.41, 5.74) is -0.0601. The highest BCUT2D eigenvalue weighted by atomic mass is 35.5. The summed E-state index contributed by atoms with van der Waals surface area (Å²) in [6, 6.07) is 2.59. The summed E-state index contributed by atoms with van der Waals surface area (Å²) in [5, 5.41) is 20.6. The molecule has 0 aromatic heterocycles. The third-order valence-electron chi connectivity index (χ3n) is 7.53. The molecule has 1 aromatic rings. The Kier molecular flexibility index (Phi) is 5.24. The van der Waals surface area contributed by atoms with Gasteiger partial charge >= 0.3 is 6.36 Å². The van der Waals surface area contributed by atoms with Crippen LogP contribution >= 0.6 is 23.2 Å². The van der Waals surface area contributed by atoms with E-state index >= 15 is 0 Å². The number of allylic oxidation sites excluding steroid dienone is 2. The maximum Gasteiger partial charge on any atom is 0.573 e. The first-order valence-corrected chi connectivity index (χ1v) is 11.4. The minimum atomic E-state index is -5.07. The van der Waals surface area contributed by atoms with Crippen LogP contribution in [0.2, 0.25) is 0 Å². The molecule has 0 radical (unpaired) electrons. The maximum absolute atomic E-state index is 13.4. The molecule has 2 N–H and O–H groups in total. The fraction of sp³-hybridized carbons (Fsp3) is 0.455. The molecular weight excluding hydrogens is 532 g/mol. The number of carbonyl (C=O) groups excluding carboxylic acids is 4. The standard InChI is InChI=1S/C22H17Cl2F3N2O7/c1-28-18(33)20(23)7-12-9(3-4-10-14(12)17(32)29(35)16(10)31)15(21(20,24)19(28)34)11-6-8(2-5-13(11)30)36-22(25,26)27/h2-3,5-6,10,12,14-15,30,35H,4,7H2,1H3. The van der Waals surface area contributed by atoms with Crippen molar-refractivity contribution in [1.82, 2.24) is 9.96 Å². The Morgan fingerprint density at radius 1 is 1.08 bits per heavy atom. The van der Waals surface area contributed by atoms with E-state index in [1.54, 1.807) is 0 Å². The predicted octanol–water partition coefficient (Wildman–Crippen LogP) is 2.67. The lowest BCUT2D eigenvalue weighted by atomic mass is 9.56. The first-order valence-electron chi connectivity index (χ1n) is 10.7. The molecule has 9 nitrogen and oxygen atoms in total. The van der Waals surface area contributed by atoms with E-state index in [1.807, 2.05) is 0 Å². The number of carbonyl (C=O) groups is 4. The fourth-order valence-electron chi connectivity index (χ4n) is 6.03. The molecule has 2 aliphatic carbocycles. The number of alkyl halides is 5. The highest BCUT2D eigenvalue weighted by Crippen LogP contribution is 2.66. The molecule has 2 aliphatic heterocycles. The summed E-state index contributed by atoms with van der Waals surface area (Å²) >= 11 is 13.7. The molecule has 0 bridgehead atoms. The quantitative estimate of drug-likeness (QED) is 0.252. The summed E-state index contributed by atoms with van der Waals surface area (Å²) in [6.07, 6.45) is -4.01. The van der Waals surface area contributed by atoms with Gasteiger partial charge in [0.2, 0.25) is 0 Å². The van der Waals surface area contributed by atoms with Gasteiger partial charge in [-0.05, 0) is 37.0 Å². The lowest BCUT2D eigenvalue weighted by Gasteiger charge is -2.50. The SMILES string of the molecule is CN1C(=O)C2(Cl)CC3C(=CCC4C(=O)N(O)C(=O)C43)C(c3cc(OC(F)(F)F)ccc3O)C2(Cl)C1=O. The molecule has 6 unspecified atom stereocenters. The topological polar surface area (TPSA) is 124 Å². The van der Waals surface area contributed by atoms with Crippen molar-refractivity contribution in [1.29, 1.82) is 0 Å². The second-order valence-electron chi connectivity index (χ2n) is 9.25. The van der Waals surface area contributed by atoms with E-state index in [0.29, 0.717) is 4.90 Å². The lowest BCUT2D eigenvalue weighted by Crippen LogP contribution is -2.60. The summed E-state index contributed by atoms with van der Waals surface area (Å²) < 4.78 is 42.7. The number of nitrogens with zero attached hydrogens (tertiary/aromatic N) is 2. The zero-order valence-electron chi connectivity index (χ0n) is 18.3. The average molecular weight is 549 g/mol. The predicted molar refractivity (Wildman–Crippen MR) is 114 cm³/mol. The van der Waals surface area contributed by atoms with Gasteiger partial charge in [-0.15, -0.1) is 36.4 Å². The van der Waals surface area contributed by atoms with Crippen LogP contribution in [-0.2, 0) is 19.2 Å². The van der Waals surface area contributed by atoms with E-state index in [1.165, 1.54) is 6.08 Å². The van der Waals surface area contributed by atoms with Crippen molar-refractivity contribution in [2.45, 2.75) is 34.9 Å². The molecule has 4 amide bonds. The Bertz CT molecular complexity index is 1270. The molecular formula is C22H17Cl2F3N2O7. The minimum absolute atomic E-state index is 0.00636. The lowest BCUT2D eigenvalue weighted by molar-refractivity contribution is -0.274. The number of aromatic hydroxyl groups is 1. The van der Waals surface area contributed by atoms with Gasteiger partial charge in [0.1, 0.15) is 11.5 Å². The van der Waals surface area contributed by atoms with Gasteiger partial charge < -0.3 is 9.84 Å². The van der Waals surface area contributed by atoms with Gasteiger partial charge in [0.15, 0.2) is 9.75 Å². The van der Waals surface area contributed by atoms with Crippen molar-refractivity contribution in [3.05, 3.63) is 35.4 Å². The number of hydroxylamine groups is 2. The Labute approximate surface area is 210 Å². The second-order valence-corrected chi connectivity index (χ2v) is 10.5. The van der Waals surface area contributed by atoms with Gasteiger partial charge in [-0.1, -0.05) is 11.6 Å². The second kappa shape index (κ2) is 7.59. The fourth-order valence-corrected chi connectivity index (χ4v) is 7.05. The molecule has 14 heteroatoms. The summed E-state index contributed by atoms with van der Waals surface area (Å²) in [4.78, 5) is 48.0. The van der Waals surface area contributed by atoms with Crippen LogP contribution in [0.15, 0.2) is 29.8 Å². The van der Waals surface area contributed by atoms with Crippen molar-refractivity contribution >= 4 is 46.8 Å². The van der Waals surface area contributed by atoms with E-state index in [2.05, 4.69) is 4.74 Å². The number of ether oxygens (including phenoxy) is 1. The van der Waals surface area contributed by atoms with Gasteiger partial charge in [0, 0.05) is 18.5 Å². The molecule has 5 rings (SSSR count). The van der Waals surface area contributed by atoms with Crippen molar-refractivity contribution in [3.8, 4) is 11.5 Å². The van der Waals surface area contributed by atoms with Crippen molar-refractivity contribution in [2.75, 3.05) is 7.05 Å². The summed E-state index contributed by atoms with van der Waals surface area (Å²) in [5.74, 6) is -9.55. The smallest absolute Gasteiger partial charge is 0.508 e. The molecule has 3 fully saturated rings. The van der Waals surface area contributed by atoms with Crippen molar-refractivity contribution < 1.29 is 47.4 Å². The molecule has 4 aliphatic rings. The number of likely N-dealkylation sites (tertiary alicyclic amines) is 1. The Morgan fingerprint density at radius 3 is 2.39 bits per heavy atom. The summed E-state index contributed by atoms with van der Waals surface area (Å²) in [7, 11) is 1.14. The first kappa shape index (κ1) is 24.8. The number of imide groups is 2. The Morgan fingerprint density at radius 2 is 1.75 bits per heavy atom. The van der Waals surface area contributed by atoms with E-state index in [4.69, 9.17) is 23.2 Å². The van der Waals surface area contributed by atoms with Crippen molar-refractivity contribution in [2.24, 2.45) is 17.8 Å². The van der Waals surface area contributed by atoms with Crippen LogP contribution < -0.4 is 4.74 Å². The number of amides is 4. The van der Waals surface area contributed by atoms with E-state index < -0.39 is 74.9 Å². The zero-order chi connectivity index (χ0) is 26.5. The molecule has 1 saturated carbocycles. The zero-order valence-corrected chi connectivity index (χ0v) is 19.8. The molecule has 36 heavy (non-hydrogen) atoms. The Hall–Kier alpha value is -2.83. The molecule has 192 valence electrons. The first-order chi connectivity index (χ1) is 16.6. The van der Waals surface area contributed by atoms with Crippen LogP contribution in [0, 0.1) is 17.8 Å². The van der Waals surface area contributed by atoms with Crippen LogP contribution in [0.25, 0.3) is 0 Å². The number of halogens is 5. The van der Waals surface area contributed by atoms with Gasteiger partial charge in [-0.25, -0.2) is 0 Å². The Balaban J connectivity index is 1.75. The number of benzene rings is 1. The molecule has 1 aromatic carbocycles. The number of hydrogen-bond donors (Lipinski definition) is 2. The normalized spacial score (nSPS) is 36.0. The van der Waals surface area contributed by atoms with Crippen LogP contribution in [-0.4, -0.2) is 67.1 Å². The molecule has 2 heterocycles. The van der Waals surface area contributed by atoms with E-state index in [9.17, 15) is 42.7 Å². The monoisotopic (exact) mass is 548 g/mol. The molecule has 2 saturated heterocycles. The highest BCUT2D eigenvalue weighted by Gasteiger charge is 2.76. The number of fused-ring (bicyclic) bond motifs is 4. The van der Waals surface area contributed by atoms with Crippen LogP contribution in [0.5, 0.6) is 11.5 Å². The number of rotatable bonds is 2. The third kappa shape index (κ3) is 3.07. The van der Waals surface area contributed by atoms with Gasteiger partial charge in [0.05, 0.1) is 11.8 Å². The van der Waals surface area contributed by atoms with Gasteiger partial charge in [0.25, 0.3) is 23.6 Å². The average Bonchev–Trinajstić information content (AvgIpc) is 3.09. The highest BCUT2D eigenvalue weighted by molar-refractivity contribution is 6.53. The third-order valence-corrected chi connectivity index (χ3v) is 8.95. The number of phenolic OH excluding ortho intramolecular Hbond substituents is 1. The van der Waals surface area contributed by atoms with Crippen LogP contribution in [0.4, 0.5) is 13.2 Å². The maximum atomic E-state index is 13.4. The number of hydrogen-bond acceptors (Lipinski definition) is 7. The number of phenols is 1. The van der Waals surface area contributed by atoms with E-state index in [0.717, 1.165) is 25.2 Å². The van der Waals surface area contributed by atoms with E-state index in [-0.39, 0.29) is 29.0 Å². The van der Waals surface area contributed by atoms with Crippen molar-refractivity contribution in [3.63, 3.8) is 0 Å². The van der Waals surface area contributed by atoms with Gasteiger partial charge in [-0.2, -0.15) is 5.06 Å².